The highest BCUT2D eigenvalue weighted by Gasteiger charge is 2.10. The molecule has 0 atom stereocenters. The fourth-order valence-corrected chi connectivity index (χ4v) is 3.52. The van der Waals surface area contributed by atoms with Gasteiger partial charge in [0, 0.05) is 15.6 Å². The van der Waals surface area contributed by atoms with Crippen LogP contribution in [0.15, 0.2) is 74.7 Å². The lowest BCUT2D eigenvalue weighted by molar-refractivity contribution is 0.391. The predicted octanol–water partition coefficient (Wildman–Crippen LogP) is 5.56. The third-order valence-corrected chi connectivity index (χ3v) is 5.28. The second-order valence-corrected chi connectivity index (χ2v) is 7.84. The van der Waals surface area contributed by atoms with Crippen molar-refractivity contribution in [1.29, 1.82) is 0 Å². The minimum Gasteiger partial charge on any atom is -0.338 e. The van der Waals surface area contributed by atoms with Gasteiger partial charge in [-0.3, -0.25) is 0 Å². The molecule has 4 rings (SSSR count). The van der Waals surface area contributed by atoms with Crippen molar-refractivity contribution in [3.05, 3.63) is 76.6 Å². The standard InChI is InChI=1S/C20H15BrN4OS/c1-13-5-7-14(8-6-13)20-22-18(26-25-20)12-27-19-10-9-17(23-24-19)15-3-2-4-16(21)11-15/h2-11H,12H2,1H3. The van der Waals surface area contributed by atoms with Crippen LogP contribution in [0.5, 0.6) is 0 Å². The first-order valence-corrected chi connectivity index (χ1v) is 10.1. The molecule has 134 valence electrons. The number of benzene rings is 2. The lowest BCUT2D eigenvalue weighted by atomic mass is 10.1. The summed E-state index contributed by atoms with van der Waals surface area (Å²) in [5.74, 6) is 1.71. The summed E-state index contributed by atoms with van der Waals surface area (Å²) in [6.07, 6.45) is 0. The van der Waals surface area contributed by atoms with Gasteiger partial charge in [0.05, 0.1) is 11.4 Å². The average Bonchev–Trinajstić information content (AvgIpc) is 3.16. The Labute approximate surface area is 169 Å². The van der Waals surface area contributed by atoms with E-state index in [4.69, 9.17) is 4.52 Å². The first kappa shape index (κ1) is 17.9. The first-order chi connectivity index (χ1) is 13.2. The van der Waals surface area contributed by atoms with Gasteiger partial charge in [-0.25, -0.2) is 0 Å². The molecule has 0 saturated heterocycles. The van der Waals surface area contributed by atoms with Crippen LogP contribution in [0.2, 0.25) is 0 Å². The van der Waals surface area contributed by atoms with E-state index in [-0.39, 0.29) is 0 Å². The van der Waals surface area contributed by atoms with E-state index in [9.17, 15) is 0 Å². The average molecular weight is 439 g/mol. The molecule has 2 aromatic heterocycles. The van der Waals surface area contributed by atoms with Gasteiger partial charge in [0.15, 0.2) is 0 Å². The number of hydrogen-bond donors (Lipinski definition) is 0. The van der Waals surface area contributed by atoms with E-state index in [1.807, 2.05) is 67.6 Å². The summed E-state index contributed by atoms with van der Waals surface area (Å²) >= 11 is 4.98. The van der Waals surface area contributed by atoms with Crippen LogP contribution in [-0.4, -0.2) is 20.3 Å². The fourth-order valence-electron chi connectivity index (χ4n) is 2.47. The molecule has 4 aromatic rings. The molecule has 0 bridgehead atoms. The van der Waals surface area contributed by atoms with Crippen LogP contribution in [0, 0.1) is 6.92 Å². The maximum absolute atomic E-state index is 5.34. The summed E-state index contributed by atoms with van der Waals surface area (Å²) in [6.45, 7) is 2.05. The third-order valence-electron chi connectivity index (χ3n) is 3.88. The SMILES string of the molecule is Cc1ccc(-c2noc(CSc3ccc(-c4cccc(Br)c4)nn3)n2)cc1. The van der Waals surface area contributed by atoms with Gasteiger partial charge >= 0.3 is 0 Å². The normalized spacial score (nSPS) is 10.9. The van der Waals surface area contributed by atoms with Gasteiger partial charge in [0.2, 0.25) is 11.7 Å². The second-order valence-electron chi connectivity index (χ2n) is 5.93. The van der Waals surface area contributed by atoms with Crippen LogP contribution in [0.1, 0.15) is 11.5 Å². The van der Waals surface area contributed by atoms with E-state index >= 15 is 0 Å². The lowest BCUT2D eigenvalue weighted by Gasteiger charge is -2.02. The molecule has 0 amide bonds. The Balaban J connectivity index is 1.41. The fraction of sp³-hybridized carbons (Fsp3) is 0.100. The molecule has 0 N–H and O–H groups in total. The zero-order chi connectivity index (χ0) is 18.6. The van der Waals surface area contributed by atoms with Crippen LogP contribution in [0.4, 0.5) is 0 Å². The molecular weight excluding hydrogens is 424 g/mol. The highest BCUT2D eigenvalue weighted by molar-refractivity contribution is 9.10. The largest absolute Gasteiger partial charge is 0.338 e. The number of thioether (sulfide) groups is 1. The molecule has 0 aliphatic carbocycles. The molecule has 0 spiro atoms. The zero-order valence-corrected chi connectivity index (χ0v) is 16.9. The van der Waals surface area contributed by atoms with Crippen LogP contribution >= 0.6 is 27.7 Å². The summed E-state index contributed by atoms with van der Waals surface area (Å²) in [7, 11) is 0. The minimum atomic E-state index is 0.545. The zero-order valence-electron chi connectivity index (χ0n) is 14.5. The molecule has 0 fully saturated rings. The van der Waals surface area contributed by atoms with Crippen LogP contribution in [-0.2, 0) is 5.75 Å². The van der Waals surface area contributed by atoms with Gasteiger partial charge < -0.3 is 4.52 Å². The molecule has 7 heteroatoms. The smallest absolute Gasteiger partial charge is 0.237 e. The summed E-state index contributed by atoms with van der Waals surface area (Å²) < 4.78 is 6.36. The second kappa shape index (κ2) is 8.02. The number of aryl methyl sites for hydroxylation is 1. The monoisotopic (exact) mass is 438 g/mol. The lowest BCUT2D eigenvalue weighted by Crippen LogP contribution is -1.90. The van der Waals surface area contributed by atoms with Crippen molar-refractivity contribution in [3.8, 4) is 22.6 Å². The van der Waals surface area contributed by atoms with Gasteiger partial charge in [0.1, 0.15) is 5.03 Å². The number of rotatable bonds is 5. The highest BCUT2D eigenvalue weighted by atomic mass is 79.9. The van der Waals surface area contributed by atoms with Gasteiger partial charge in [-0.2, -0.15) is 4.98 Å². The molecule has 0 radical (unpaired) electrons. The van der Waals surface area contributed by atoms with Crippen LogP contribution in [0.3, 0.4) is 0 Å². The molecule has 2 heterocycles. The first-order valence-electron chi connectivity index (χ1n) is 8.29. The van der Waals surface area contributed by atoms with E-state index in [0.717, 1.165) is 26.3 Å². The van der Waals surface area contributed by atoms with Crippen LogP contribution in [0.25, 0.3) is 22.6 Å². The Kier molecular flexibility index (Phi) is 5.31. The van der Waals surface area contributed by atoms with Crippen molar-refractivity contribution < 1.29 is 4.52 Å². The number of aromatic nitrogens is 4. The van der Waals surface area contributed by atoms with Crippen molar-refractivity contribution in [2.75, 3.05) is 0 Å². The van der Waals surface area contributed by atoms with E-state index in [1.165, 1.54) is 17.3 Å². The van der Waals surface area contributed by atoms with Crippen molar-refractivity contribution >= 4 is 27.7 Å². The molecule has 0 unspecified atom stereocenters. The topological polar surface area (TPSA) is 64.7 Å². The molecule has 27 heavy (non-hydrogen) atoms. The molecule has 5 nitrogen and oxygen atoms in total. The van der Waals surface area contributed by atoms with E-state index in [2.05, 4.69) is 36.3 Å². The van der Waals surface area contributed by atoms with E-state index in [0.29, 0.717) is 17.5 Å². The number of halogens is 1. The van der Waals surface area contributed by atoms with Gasteiger partial charge in [-0.15, -0.1) is 10.2 Å². The minimum absolute atomic E-state index is 0.545. The van der Waals surface area contributed by atoms with E-state index < -0.39 is 0 Å². The number of nitrogens with zero attached hydrogens (tertiary/aromatic N) is 4. The summed E-state index contributed by atoms with van der Waals surface area (Å²) in [6, 6.07) is 19.9. The Hall–Kier alpha value is -2.51. The van der Waals surface area contributed by atoms with Gasteiger partial charge in [-0.05, 0) is 31.2 Å². The molecule has 2 aromatic carbocycles. The maximum atomic E-state index is 5.34. The van der Waals surface area contributed by atoms with Crippen molar-refractivity contribution in [2.24, 2.45) is 0 Å². The van der Waals surface area contributed by atoms with Crippen molar-refractivity contribution in [3.63, 3.8) is 0 Å². The Morgan fingerprint density at radius 3 is 2.56 bits per heavy atom. The number of hydrogen-bond acceptors (Lipinski definition) is 6. The summed E-state index contributed by atoms with van der Waals surface area (Å²) in [5.41, 5.74) is 4.00. The van der Waals surface area contributed by atoms with Crippen molar-refractivity contribution in [1.82, 2.24) is 20.3 Å². The Morgan fingerprint density at radius 2 is 1.81 bits per heavy atom. The van der Waals surface area contributed by atoms with Crippen LogP contribution < -0.4 is 0 Å². The molecular formula is C20H15BrN4OS. The summed E-state index contributed by atoms with van der Waals surface area (Å²) in [4.78, 5) is 4.45. The van der Waals surface area contributed by atoms with Gasteiger partial charge in [-0.1, -0.05) is 74.8 Å². The van der Waals surface area contributed by atoms with E-state index in [1.54, 1.807) is 0 Å². The Morgan fingerprint density at radius 1 is 0.963 bits per heavy atom. The maximum Gasteiger partial charge on any atom is 0.237 e. The predicted molar refractivity (Wildman–Crippen MR) is 109 cm³/mol. The summed E-state index contributed by atoms with van der Waals surface area (Å²) in [5, 5.41) is 13.4. The quantitative estimate of drug-likeness (QED) is 0.380. The highest BCUT2D eigenvalue weighted by Crippen LogP contribution is 2.25. The van der Waals surface area contributed by atoms with Crippen molar-refractivity contribution in [2.45, 2.75) is 17.7 Å². The molecule has 0 aliphatic rings. The Bertz CT molecular complexity index is 1050. The molecule has 0 saturated carbocycles. The van der Waals surface area contributed by atoms with Gasteiger partial charge in [0.25, 0.3) is 0 Å². The molecule has 0 aliphatic heterocycles. The third kappa shape index (κ3) is 4.43.